The molecule has 3 N–H and O–H groups in total. The van der Waals surface area contributed by atoms with E-state index in [0.717, 1.165) is 49.8 Å². The number of guanidine groups is 1. The number of aliphatic imine (C=N–C) groups is 1. The molecule has 0 saturated carbocycles. The number of fused-ring (bicyclic) bond motifs is 2. The summed E-state index contributed by atoms with van der Waals surface area (Å²) in [5.74, 6) is 1.74. The number of H-pyrrole nitrogens is 1. The molecule has 0 fully saturated rings. The highest BCUT2D eigenvalue weighted by Crippen LogP contribution is 2.22. The van der Waals surface area contributed by atoms with Crippen LogP contribution in [0.4, 0.5) is 0 Å². The number of hydrogen-bond acceptors (Lipinski definition) is 3. The Morgan fingerprint density at radius 2 is 1.90 bits per heavy atom. The molecule has 1 aromatic carbocycles. The van der Waals surface area contributed by atoms with Gasteiger partial charge in [0.2, 0.25) is 0 Å². The number of pyridine rings is 1. The minimum Gasteiger partial charge on any atom is -0.361 e. The summed E-state index contributed by atoms with van der Waals surface area (Å²) in [7, 11) is 1.79. The van der Waals surface area contributed by atoms with Crippen LogP contribution in [0, 0.1) is 0 Å². The van der Waals surface area contributed by atoms with E-state index >= 15 is 0 Å². The van der Waals surface area contributed by atoms with Crippen LogP contribution in [0.3, 0.4) is 0 Å². The van der Waals surface area contributed by atoms with Crippen LogP contribution < -0.4 is 10.6 Å². The summed E-state index contributed by atoms with van der Waals surface area (Å²) in [4.78, 5) is 7.76. The maximum atomic E-state index is 4.32. The number of aromatic amines is 1. The molecule has 0 aliphatic carbocycles. The first-order valence-corrected chi connectivity index (χ1v) is 10.1. The number of para-hydroxylation sites is 1. The van der Waals surface area contributed by atoms with E-state index in [9.17, 15) is 0 Å². The molecule has 4 aromatic rings. The van der Waals surface area contributed by atoms with E-state index < -0.39 is 0 Å². The second kappa shape index (κ2) is 8.77. The van der Waals surface area contributed by atoms with E-state index in [1.807, 2.05) is 28.8 Å². The van der Waals surface area contributed by atoms with Crippen molar-refractivity contribution in [1.29, 1.82) is 0 Å². The number of aryl methyl sites for hydroxylation is 1. The smallest absolute Gasteiger partial charge is 0.191 e. The molecule has 3 heterocycles. The zero-order valence-corrected chi connectivity index (χ0v) is 16.9. The quantitative estimate of drug-likeness (QED) is 0.335. The predicted molar refractivity (Wildman–Crippen MR) is 117 cm³/mol. The Morgan fingerprint density at radius 3 is 2.72 bits per heavy atom. The van der Waals surface area contributed by atoms with Gasteiger partial charge in [-0.05, 0) is 36.1 Å². The summed E-state index contributed by atoms with van der Waals surface area (Å²) < 4.78 is 2.01. The van der Waals surface area contributed by atoms with Gasteiger partial charge in [-0.15, -0.1) is 10.2 Å². The fourth-order valence-corrected chi connectivity index (χ4v) is 3.67. The third kappa shape index (κ3) is 4.08. The minimum absolute atomic E-state index is 0.738. The predicted octanol–water partition coefficient (Wildman–Crippen LogP) is 2.72. The van der Waals surface area contributed by atoms with Crippen LogP contribution >= 0.6 is 0 Å². The normalized spacial score (nSPS) is 12.0. The number of nitrogens with one attached hydrogen (secondary N) is 3. The molecule has 0 saturated heterocycles. The first-order chi connectivity index (χ1) is 14.3. The van der Waals surface area contributed by atoms with Gasteiger partial charge in [0.05, 0.1) is 0 Å². The average molecular weight is 390 g/mol. The molecule has 4 rings (SSSR count). The monoisotopic (exact) mass is 389 g/mol. The molecule has 0 aliphatic rings. The molecule has 7 nitrogen and oxygen atoms in total. The third-order valence-electron chi connectivity index (χ3n) is 5.20. The molecule has 0 unspecified atom stereocenters. The van der Waals surface area contributed by atoms with E-state index in [1.165, 1.54) is 22.0 Å². The van der Waals surface area contributed by atoms with E-state index in [4.69, 9.17) is 0 Å². The minimum atomic E-state index is 0.738. The lowest BCUT2D eigenvalue weighted by Crippen LogP contribution is -2.39. The zero-order valence-electron chi connectivity index (χ0n) is 16.9. The largest absolute Gasteiger partial charge is 0.361 e. The molecule has 150 valence electrons. The van der Waals surface area contributed by atoms with E-state index in [2.05, 4.69) is 62.1 Å². The van der Waals surface area contributed by atoms with Gasteiger partial charge in [-0.25, -0.2) is 0 Å². The lowest BCUT2D eigenvalue weighted by atomic mass is 10.1. The third-order valence-corrected chi connectivity index (χ3v) is 5.20. The molecule has 0 bridgehead atoms. The Balaban J connectivity index is 1.29. The van der Waals surface area contributed by atoms with Crippen LogP contribution in [0.15, 0.2) is 53.8 Å². The summed E-state index contributed by atoms with van der Waals surface area (Å²) in [5.41, 5.74) is 4.82. The SMILES string of the molecule is CCc1cccc2c(CCNC(=NC)NCCc3nnc4ccccn34)c[nH]c12. The molecule has 7 heteroatoms. The van der Waals surface area contributed by atoms with Gasteiger partial charge in [-0.1, -0.05) is 31.2 Å². The Bertz CT molecular complexity index is 1120. The first-order valence-electron chi connectivity index (χ1n) is 10.1. The van der Waals surface area contributed by atoms with Crippen LogP contribution in [0.2, 0.25) is 0 Å². The maximum absolute atomic E-state index is 4.32. The standard InChI is InChI=1S/C22H27N7/c1-3-16-7-6-8-18-17(15-26-21(16)18)10-12-24-22(23-2)25-13-11-20-28-27-19-9-4-5-14-29(19)20/h4-9,14-15,26H,3,10-13H2,1-2H3,(H2,23,24,25). The van der Waals surface area contributed by atoms with Crippen LogP contribution in [0.1, 0.15) is 23.9 Å². The molecule has 3 aromatic heterocycles. The van der Waals surface area contributed by atoms with Crippen LogP contribution in [-0.2, 0) is 19.3 Å². The van der Waals surface area contributed by atoms with Gasteiger partial charge in [-0.2, -0.15) is 0 Å². The lowest BCUT2D eigenvalue weighted by molar-refractivity contribution is 0.757. The lowest BCUT2D eigenvalue weighted by Gasteiger charge is -2.11. The van der Waals surface area contributed by atoms with Crippen LogP contribution in [0.25, 0.3) is 16.6 Å². The van der Waals surface area contributed by atoms with Gasteiger partial charge in [0.1, 0.15) is 5.82 Å². The molecular formula is C22H27N7. The summed E-state index contributed by atoms with van der Waals surface area (Å²) >= 11 is 0. The van der Waals surface area contributed by atoms with Crippen molar-refractivity contribution in [2.45, 2.75) is 26.2 Å². The van der Waals surface area contributed by atoms with E-state index in [1.54, 1.807) is 7.05 Å². The number of nitrogens with zero attached hydrogens (tertiary/aromatic N) is 4. The van der Waals surface area contributed by atoms with Gasteiger partial charge in [0.25, 0.3) is 0 Å². The maximum Gasteiger partial charge on any atom is 0.191 e. The highest BCUT2D eigenvalue weighted by Gasteiger charge is 2.08. The Morgan fingerprint density at radius 1 is 1.03 bits per heavy atom. The van der Waals surface area contributed by atoms with Gasteiger partial charge in [0.15, 0.2) is 11.6 Å². The Hall–Kier alpha value is -3.35. The first kappa shape index (κ1) is 19.0. The molecular weight excluding hydrogens is 362 g/mol. The Labute approximate surface area is 170 Å². The Kier molecular flexibility index (Phi) is 5.74. The van der Waals surface area contributed by atoms with Crippen molar-refractivity contribution in [3.05, 3.63) is 65.7 Å². The van der Waals surface area contributed by atoms with Crippen molar-refractivity contribution in [2.75, 3.05) is 20.1 Å². The van der Waals surface area contributed by atoms with E-state index in [-0.39, 0.29) is 0 Å². The van der Waals surface area contributed by atoms with E-state index in [0.29, 0.717) is 0 Å². The topological polar surface area (TPSA) is 82.4 Å². The van der Waals surface area contributed by atoms with Crippen molar-refractivity contribution < 1.29 is 0 Å². The molecule has 0 atom stereocenters. The fourth-order valence-electron chi connectivity index (χ4n) is 3.67. The van der Waals surface area contributed by atoms with Crippen LogP contribution in [-0.4, -0.2) is 45.7 Å². The van der Waals surface area contributed by atoms with Crippen molar-refractivity contribution in [1.82, 2.24) is 30.2 Å². The van der Waals surface area contributed by atoms with Crippen LogP contribution in [0.5, 0.6) is 0 Å². The van der Waals surface area contributed by atoms with Gasteiger partial charge >= 0.3 is 0 Å². The van der Waals surface area contributed by atoms with Crippen molar-refractivity contribution in [2.24, 2.45) is 4.99 Å². The van der Waals surface area contributed by atoms with Gasteiger partial charge < -0.3 is 15.6 Å². The van der Waals surface area contributed by atoms with Crippen molar-refractivity contribution in [3.8, 4) is 0 Å². The molecule has 0 aliphatic heterocycles. The molecule has 0 amide bonds. The molecule has 29 heavy (non-hydrogen) atoms. The highest BCUT2D eigenvalue weighted by molar-refractivity contribution is 5.86. The fraction of sp³-hybridized carbons (Fsp3) is 0.318. The van der Waals surface area contributed by atoms with Gasteiger partial charge in [0, 0.05) is 49.9 Å². The summed E-state index contributed by atoms with van der Waals surface area (Å²) in [6.07, 6.45) is 6.85. The summed E-state index contributed by atoms with van der Waals surface area (Å²) in [5, 5.41) is 16.5. The van der Waals surface area contributed by atoms with Gasteiger partial charge in [-0.3, -0.25) is 9.39 Å². The second-order valence-electron chi connectivity index (χ2n) is 6.98. The zero-order chi connectivity index (χ0) is 20.1. The van der Waals surface area contributed by atoms with Crippen molar-refractivity contribution in [3.63, 3.8) is 0 Å². The summed E-state index contributed by atoms with van der Waals surface area (Å²) in [6, 6.07) is 12.4. The second-order valence-corrected chi connectivity index (χ2v) is 6.98. The number of rotatable bonds is 7. The number of hydrogen-bond donors (Lipinski definition) is 3. The number of aromatic nitrogens is 4. The highest BCUT2D eigenvalue weighted by atomic mass is 15.2. The van der Waals surface area contributed by atoms with Crippen molar-refractivity contribution >= 4 is 22.5 Å². The summed E-state index contributed by atoms with van der Waals surface area (Å²) in [6.45, 7) is 3.74. The molecule has 0 radical (unpaired) electrons. The molecule has 0 spiro atoms. The average Bonchev–Trinajstić information content (AvgIpc) is 3.37. The number of benzene rings is 1.